The fourth-order valence-electron chi connectivity index (χ4n) is 2.25. The highest BCUT2D eigenvalue weighted by Crippen LogP contribution is 2.43. The van der Waals surface area contributed by atoms with Crippen LogP contribution in [0.5, 0.6) is 11.5 Å². The summed E-state index contributed by atoms with van der Waals surface area (Å²) in [5.41, 5.74) is 6.37. The minimum atomic E-state index is -0.123. The average molecular weight is 262 g/mol. The summed E-state index contributed by atoms with van der Waals surface area (Å²) in [6, 6.07) is 5.37. The zero-order valence-corrected chi connectivity index (χ0v) is 10.8. The van der Waals surface area contributed by atoms with E-state index in [1.165, 1.54) is 0 Å². The Hall–Kier alpha value is -1.75. The predicted molar refractivity (Wildman–Crippen MR) is 70.5 cm³/mol. The minimum Gasteiger partial charge on any atom is -0.486 e. The molecule has 1 aliphatic carbocycles. The van der Waals surface area contributed by atoms with Crippen LogP contribution in [0.25, 0.3) is 0 Å². The van der Waals surface area contributed by atoms with Crippen LogP contribution in [0.4, 0.5) is 0 Å². The van der Waals surface area contributed by atoms with Gasteiger partial charge in [-0.15, -0.1) is 0 Å². The lowest BCUT2D eigenvalue weighted by molar-refractivity contribution is 0.0934. The van der Waals surface area contributed by atoms with Crippen LogP contribution in [0, 0.1) is 5.41 Å². The highest BCUT2D eigenvalue weighted by Gasteiger charge is 2.41. The maximum Gasteiger partial charge on any atom is 0.255 e. The van der Waals surface area contributed by atoms with E-state index in [4.69, 9.17) is 15.2 Å². The fraction of sp³-hybridized carbons (Fsp3) is 0.500. The largest absolute Gasteiger partial charge is 0.486 e. The molecule has 0 unspecified atom stereocenters. The van der Waals surface area contributed by atoms with E-state index in [9.17, 15) is 4.79 Å². The summed E-state index contributed by atoms with van der Waals surface area (Å²) in [5, 5.41) is 2.95. The molecular weight excluding hydrogens is 244 g/mol. The number of fused-ring (bicyclic) bond motifs is 1. The smallest absolute Gasteiger partial charge is 0.255 e. The quantitative estimate of drug-likeness (QED) is 0.846. The summed E-state index contributed by atoms with van der Waals surface area (Å²) in [5.74, 6) is 1.06. The van der Waals surface area contributed by atoms with Crippen molar-refractivity contribution in [3.8, 4) is 11.5 Å². The second kappa shape index (κ2) is 4.74. The second-order valence-corrected chi connectivity index (χ2v) is 5.22. The molecule has 1 heterocycles. The molecule has 3 rings (SSSR count). The maximum atomic E-state index is 12.2. The van der Waals surface area contributed by atoms with Crippen LogP contribution in [0.15, 0.2) is 18.2 Å². The number of nitrogens with one attached hydrogen (secondary N) is 1. The first kappa shape index (κ1) is 12.3. The Morgan fingerprint density at radius 1 is 1.32 bits per heavy atom. The lowest BCUT2D eigenvalue weighted by atomic mass is 10.1. The number of carbonyl (C=O) groups is 1. The Labute approximate surface area is 112 Å². The third-order valence-electron chi connectivity index (χ3n) is 3.82. The monoisotopic (exact) mass is 262 g/mol. The van der Waals surface area contributed by atoms with E-state index >= 15 is 0 Å². The lowest BCUT2D eigenvalue weighted by Crippen LogP contribution is -2.34. The van der Waals surface area contributed by atoms with Gasteiger partial charge in [0.1, 0.15) is 13.2 Å². The third-order valence-corrected chi connectivity index (χ3v) is 3.82. The van der Waals surface area contributed by atoms with E-state index in [2.05, 4.69) is 5.32 Å². The van der Waals surface area contributed by atoms with Gasteiger partial charge in [0, 0.05) is 12.0 Å². The van der Waals surface area contributed by atoms with E-state index in [1.807, 2.05) is 6.07 Å². The van der Waals surface area contributed by atoms with Crippen molar-refractivity contribution in [1.29, 1.82) is 0 Å². The lowest BCUT2D eigenvalue weighted by Gasteiger charge is -2.21. The highest BCUT2D eigenvalue weighted by atomic mass is 16.6. The van der Waals surface area contributed by atoms with E-state index in [0.29, 0.717) is 43.4 Å². The third kappa shape index (κ3) is 2.38. The zero-order chi connectivity index (χ0) is 13.3. The molecule has 0 atom stereocenters. The first-order valence-corrected chi connectivity index (χ1v) is 6.61. The van der Waals surface area contributed by atoms with Crippen LogP contribution in [0.3, 0.4) is 0 Å². The Kier molecular flexibility index (Phi) is 3.06. The van der Waals surface area contributed by atoms with Gasteiger partial charge in [0.05, 0.1) is 5.56 Å². The molecule has 2 aliphatic rings. The number of rotatable bonds is 4. The number of para-hydroxylation sites is 1. The average Bonchev–Trinajstić information content (AvgIpc) is 3.25. The van der Waals surface area contributed by atoms with Crippen LogP contribution in [0.1, 0.15) is 23.2 Å². The predicted octanol–water partition coefficient (Wildman–Crippen LogP) is 0.926. The standard InChI is InChI=1S/C14H18N2O3/c15-8-14(4-5-14)9-16-13(17)10-2-1-3-11-12(10)19-7-6-18-11/h1-3H,4-9,15H2,(H,16,17). The van der Waals surface area contributed by atoms with Crippen LogP contribution < -0.4 is 20.5 Å². The van der Waals surface area contributed by atoms with Gasteiger partial charge >= 0.3 is 0 Å². The number of carbonyl (C=O) groups excluding carboxylic acids is 1. The van der Waals surface area contributed by atoms with Crippen molar-refractivity contribution in [2.45, 2.75) is 12.8 Å². The molecule has 0 bridgehead atoms. The molecule has 0 aromatic heterocycles. The summed E-state index contributed by atoms with van der Waals surface area (Å²) >= 11 is 0. The number of nitrogens with two attached hydrogens (primary N) is 1. The Morgan fingerprint density at radius 3 is 2.84 bits per heavy atom. The topological polar surface area (TPSA) is 73.6 Å². The fourth-order valence-corrected chi connectivity index (χ4v) is 2.25. The van der Waals surface area contributed by atoms with E-state index in [-0.39, 0.29) is 11.3 Å². The summed E-state index contributed by atoms with van der Waals surface area (Å²) in [6.07, 6.45) is 2.19. The molecule has 102 valence electrons. The van der Waals surface area contributed by atoms with Crippen LogP contribution in [0.2, 0.25) is 0 Å². The number of benzene rings is 1. The summed E-state index contributed by atoms with van der Waals surface area (Å²) in [7, 11) is 0. The van der Waals surface area contributed by atoms with Crippen molar-refractivity contribution in [2.24, 2.45) is 11.1 Å². The van der Waals surface area contributed by atoms with Gasteiger partial charge in [-0.05, 0) is 31.5 Å². The van der Waals surface area contributed by atoms with Gasteiger partial charge in [0.25, 0.3) is 5.91 Å². The van der Waals surface area contributed by atoms with Crippen molar-refractivity contribution < 1.29 is 14.3 Å². The summed E-state index contributed by atoms with van der Waals surface area (Å²) in [4.78, 5) is 12.2. The van der Waals surface area contributed by atoms with Gasteiger partial charge in [-0.1, -0.05) is 6.07 Å². The Morgan fingerprint density at radius 2 is 2.11 bits per heavy atom. The first-order chi connectivity index (χ1) is 9.24. The Balaban J connectivity index is 1.73. The molecule has 1 aromatic rings. The molecule has 3 N–H and O–H groups in total. The Bertz CT molecular complexity index is 497. The van der Waals surface area contributed by atoms with Gasteiger partial charge in [-0.2, -0.15) is 0 Å². The number of hydrogen-bond acceptors (Lipinski definition) is 4. The van der Waals surface area contributed by atoms with Crippen LogP contribution in [-0.2, 0) is 0 Å². The molecule has 1 aliphatic heterocycles. The number of amides is 1. The molecule has 0 saturated heterocycles. The molecule has 1 amide bonds. The zero-order valence-electron chi connectivity index (χ0n) is 10.8. The van der Waals surface area contributed by atoms with E-state index in [0.717, 1.165) is 12.8 Å². The summed E-state index contributed by atoms with van der Waals surface area (Å²) < 4.78 is 11.0. The number of ether oxygens (including phenoxy) is 2. The highest BCUT2D eigenvalue weighted by molar-refractivity contribution is 5.97. The number of hydrogen-bond donors (Lipinski definition) is 2. The molecule has 0 spiro atoms. The van der Waals surface area contributed by atoms with Crippen molar-refractivity contribution in [3.63, 3.8) is 0 Å². The van der Waals surface area contributed by atoms with Gasteiger partial charge in [-0.3, -0.25) is 4.79 Å². The van der Waals surface area contributed by atoms with Gasteiger partial charge < -0.3 is 20.5 Å². The van der Waals surface area contributed by atoms with Crippen molar-refractivity contribution in [1.82, 2.24) is 5.32 Å². The molecule has 1 aromatic carbocycles. The van der Waals surface area contributed by atoms with E-state index < -0.39 is 0 Å². The van der Waals surface area contributed by atoms with E-state index in [1.54, 1.807) is 12.1 Å². The SMILES string of the molecule is NCC1(CNC(=O)c2cccc3c2OCCO3)CC1. The molecule has 5 heteroatoms. The van der Waals surface area contributed by atoms with Gasteiger partial charge in [0.15, 0.2) is 11.5 Å². The molecule has 1 fully saturated rings. The maximum absolute atomic E-state index is 12.2. The van der Waals surface area contributed by atoms with Gasteiger partial charge in [0.2, 0.25) is 0 Å². The first-order valence-electron chi connectivity index (χ1n) is 6.61. The molecule has 5 nitrogen and oxygen atoms in total. The second-order valence-electron chi connectivity index (χ2n) is 5.22. The van der Waals surface area contributed by atoms with Crippen molar-refractivity contribution in [3.05, 3.63) is 23.8 Å². The molecule has 1 saturated carbocycles. The molecular formula is C14H18N2O3. The summed E-state index contributed by atoms with van der Waals surface area (Å²) in [6.45, 7) is 2.25. The minimum absolute atomic E-state index is 0.123. The molecule has 0 radical (unpaired) electrons. The van der Waals surface area contributed by atoms with Crippen LogP contribution in [-0.4, -0.2) is 32.2 Å². The molecule has 19 heavy (non-hydrogen) atoms. The normalized spacial score (nSPS) is 18.8. The van der Waals surface area contributed by atoms with Crippen molar-refractivity contribution in [2.75, 3.05) is 26.3 Å². The van der Waals surface area contributed by atoms with Gasteiger partial charge in [-0.25, -0.2) is 0 Å². The van der Waals surface area contributed by atoms with Crippen molar-refractivity contribution >= 4 is 5.91 Å². The van der Waals surface area contributed by atoms with Crippen LogP contribution >= 0.6 is 0 Å².